The maximum absolute atomic E-state index is 11.6. The molecule has 1 aliphatic rings. The summed E-state index contributed by atoms with van der Waals surface area (Å²) in [6.07, 6.45) is 0.0424. The quantitative estimate of drug-likeness (QED) is 0.0598. The zero-order valence-electron chi connectivity index (χ0n) is 29.7. The van der Waals surface area contributed by atoms with Gasteiger partial charge < -0.3 is 66.4 Å². The van der Waals surface area contributed by atoms with Gasteiger partial charge in [-0.05, 0) is 0 Å². The zero-order chi connectivity index (χ0) is 36.0. The predicted octanol–water partition coefficient (Wildman–Crippen LogP) is -0.171. The molecule has 0 aromatic rings. The second-order valence-electron chi connectivity index (χ2n) is 10.1. The highest BCUT2D eigenvalue weighted by atomic mass is 16.7. The van der Waals surface area contributed by atoms with Gasteiger partial charge in [-0.3, -0.25) is 9.59 Å². The molecule has 0 atom stereocenters. The van der Waals surface area contributed by atoms with Crippen molar-refractivity contribution >= 4 is 17.8 Å². The van der Waals surface area contributed by atoms with Gasteiger partial charge >= 0.3 is 5.97 Å². The number of ether oxygens (including phenoxy) is 13. The van der Waals surface area contributed by atoms with Gasteiger partial charge in [-0.1, -0.05) is 0 Å². The normalized spacial score (nSPS) is 13.2. The van der Waals surface area contributed by atoms with Crippen molar-refractivity contribution in [2.45, 2.75) is 19.3 Å². The van der Waals surface area contributed by atoms with Gasteiger partial charge in [-0.15, -0.1) is 5.06 Å². The molecule has 1 rings (SSSR count). The van der Waals surface area contributed by atoms with Crippen LogP contribution in [0.1, 0.15) is 19.3 Å². The lowest BCUT2D eigenvalue weighted by Gasteiger charge is -2.12. The molecular weight excluding hydrogens is 670 g/mol. The van der Waals surface area contributed by atoms with Crippen molar-refractivity contribution in [1.82, 2.24) is 5.06 Å². The van der Waals surface area contributed by atoms with Crippen molar-refractivity contribution in [3.05, 3.63) is 0 Å². The molecule has 0 radical (unpaired) electrons. The van der Waals surface area contributed by atoms with Crippen LogP contribution < -0.4 is 0 Å². The molecule has 18 heteroatoms. The molecule has 1 heterocycles. The summed E-state index contributed by atoms with van der Waals surface area (Å²) in [7, 11) is 1.64. The third kappa shape index (κ3) is 30.9. The first-order valence-corrected chi connectivity index (χ1v) is 17.1. The minimum atomic E-state index is -0.700. The molecule has 0 bridgehead atoms. The maximum atomic E-state index is 11.6. The number of carbonyl (C=O) groups is 3. The summed E-state index contributed by atoms with van der Waals surface area (Å²) in [4.78, 5) is 39.2. The minimum absolute atomic E-state index is 0.0585. The molecule has 0 unspecified atom stereocenters. The first kappa shape index (κ1) is 46.1. The van der Waals surface area contributed by atoms with Crippen LogP contribution in [0.3, 0.4) is 0 Å². The van der Waals surface area contributed by atoms with Gasteiger partial charge in [0.15, 0.2) is 0 Å². The van der Waals surface area contributed by atoms with Crippen molar-refractivity contribution in [3.8, 4) is 0 Å². The Bertz CT molecular complexity index is 778. The number of nitrogens with zero attached hydrogens (tertiary/aromatic N) is 1. The molecular formula is C32H59NO17. The number of amides is 2. The Labute approximate surface area is 295 Å². The third-order valence-corrected chi connectivity index (χ3v) is 6.17. The predicted molar refractivity (Wildman–Crippen MR) is 173 cm³/mol. The molecule has 18 nitrogen and oxygen atoms in total. The van der Waals surface area contributed by atoms with E-state index in [1.54, 1.807) is 7.11 Å². The zero-order valence-corrected chi connectivity index (χ0v) is 29.7. The Balaban J connectivity index is 1.64. The van der Waals surface area contributed by atoms with Gasteiger partial charge in [0.1, 0.15) is 0 Å². The summed E-state index contributed by atoms with van der Waals surface area (Å²) in [5, 5.41) is 0.518. The van der Waals surface area contributed by atoms with Crippen molar-refractivity contribution in [3.63, 3.8) is 0 Å². The number of carbonyl (C=O) groups excluding carboxylic acids is 3. The Morgan fingerprint density at radius 2 is 0.620 bits per heavy atom. The molecule has 294 valence electrons. The monoisotopic (exact) mass is 729 g/mol. The standard InChI is InChI=1S/C32H59NO17/c1-37-6-7-39-10-11-41-14-15-43-18-19-45-22-23-47-26-27-49-29-28-48-25-24-46-21-20-44-17-16-42-13-12-40-9-8-38-5-4-32(36)50-33-30(34)2-3-31(33)35/h2-29H2,1H3. The van der Waals surface area contributed by atoms with Crippen molar-refractivity contribution in [2.24, 2.45) is 0 Å². The highest BCUT2D eigenvalue weighted by Crippen LogP contribution is 2.12. The average molecular weight is 730 g/mol. The summed E-state index contributed by atoms with van der Waals surface area (Å²) >= 11 is 0. The summed E-state index contributed by atoms with van der Waals surface area (Å²) < 4.78 is 69.8. The Morgan fingerprint density at radius 1 is 0.400 bits per heavy atom. The molecule has 0 spiro atoms. The Morgan fingerprint density at radius 3 is 0.860 bits per heavy atom. The van der Waals surface area contributed by atoms with Crippen LogP contribution in [0.4, 0.5) is 0 Å². The lowest BCUT2D eigenvalue weighted by molar-refractivity contribution is -0.198. The van der Waals surface area contributed by atoms with Crippen molar-refractivity contribution in [2.75, 3.05) is 172 Å². The number of hydrogen-bond acceptors (Lipinski definition) is 17. The van der Waals surface area contributed by atoms with Gasteiger partial charge in [-0.25, -0.2) is 4.79 Å². The third-order valence-electron chi connectivity index (χ3n) is 6.17. The fraction of sp³-hybridized carbons (Fsp3) is 0.906. The fourth-order valence-corrected chi connectivity index (χ4v) is 3.62. The van der Waals surface area contributed by atoms with Crippen molar-refractivity contribution in [1.29, 1.82) is 0 Å². The van der Waals surface area contributed by atoms with E-state index < -0.39 is 17.8 Å². The van der Waals surface area contributed by atoms with Crippen LogP contribution in [0.2, 0.25) is 0 Å². The average Bonchev–Trinajstić information content (AvgIpc) is 3.43. The van der Waals surface area contributed by atoms with E-state index in [9.17, 15) is 14.4 Å². The summed E-state index contributed by atoms with van der Waals surface area (Å²) in [5.74, 6) is -1.72. The molecule has 2 amide bonds. The summed E-state index contributed by atoms with van der Waals surface area (Å²) in [6, 6.07) is 0. The first-order chi connectivity index (χ1) is 24.6. The summed E-state index contributed by atoms with van der Waals surface area (Å²) in [6.45, 7) is 11.5. The Hall–Kier alpha value is -1.91. The second kappa shape index (κ2) is 36.9. The smallest absolute Gasteiger partial charge is 0.335 e. The second-order valence-corrected chi connectivity index (χ2v) is 10.1. The van der Waals surface area contributed by atoms with Crippen LogP contribution in [-0.2, 0) is 80.8 Å². The van der Waals surface area contributed by atoms with Gasteiger partial charge in [0.05, 0.1) is 172 Å². The van der Waals surface area contributed by atoms with E-state index in [0.29, 0.717) is 157 Å². The lowest BCUT2D eigenvalue weighted by atomic mass is 10.4. The van der Waals surface area contributed by atoms with Crippen LogP contribution >= 0.6 is 0 Å². The van der Waals surface area contributed by atoms with Gasteiger partial charge in [-0.2, -0.15) is 0 Å². The topological polar surface area (TPSA) is 184 Å². The number of rotatable bonds is 40. The van der Waals surface area contributed by atoms with E-state index in [0.717, 1.165) is 0 Å². The van der Waals surface area contributed by atoms with Crippen molar-refractivity contribution < 1.29 is 80.8 Å². The van der Waals surface area contributed by atoms with E-state index in [2.05, 4.69) is 0 Å². The molecule has 1 aliphatic heterocycles. The minimum Gasteiger partial charge on any atom is -0.382 e. The molecule has 0 N–H and O–H groups in total. The molecule has 0 aliphatic carbocycles. The molecule has 0 aromatic carbocycles. The van der Waals surface area contributed by atoms with Gasteiger partial charge in [0.2, 0.25) is 0 Å². The molecule has 0 saturated carbocycles. The summed E-state index contributed by atoms with van der Waals surface area (Å²) in [5.41, 5.74) is 0. The molecule has 1 saturated heterocycles. The van der Waals surface area contributed by atoms with Gasteiger partial charge in [0.25, 0.3) is 11.8 Å². The van der Waals surface area contributed by atoms with E-state index >= 15 is 0 Å². The number of hydroxylamine groups is 2. The van der Waals surface area contributed by atoms with E-state index in [1.807, 2.05) is 0 Å². The fourth-order valence-electron chi connectivity index (χ4n) is 3.62. The molecule has 1 fully saturated rings. The lowest BCUT2D eigenvalue weighted by Crippen LogP contribution is -2.32. The Kier molecular flexibility index (Phi) is 34.0. The molecule has 50 heavy (non-hydrogen) atoms. The first-order valence-electron chi connectivity index (χ1n) is 17.1. The molecule has 0 aromatic heterocycles. The number of hydrogen-bond donors (Lipinski definition) is 0. The van der Waals surface area contributed by atoms with E-state index in [4.69, 9.17) is 66.4 Å². The number of methoxy groups -OCH3 is 1. The van der Waals surface area contributed by atoms with Crippen LogP contribution in [0.5, 0.6) is 0 Å². The van der Waals surface area contributed by atoms with Gasteiger partial charge in [0, 0.05) is 20.0 Å². The highest BCUT2D eigenvalue weighted by molar-refractivity contribution is 6.01. The number of imide groups is 1. The highest BCUT2D eigenvalue weighted by Gasteiger charge is 2.32. The van der Waals surface area contributed by atoms with Crippen LogP contribution in [0, 0.1) is 0 Å². The van der Waals surface area contributed by atoms with Crippen LogP contribution in [0.15, 0.2) is 0 Å². The maximum Gasteiger partial charge on any atom is 0.335 e. The van der Waals surface area contributed by atoms with Crippen LogP contribution in [0.25, 0.3) is 0 Å². The largest absolute Gasteiger partial charge is 0.382 e. The van der Waals surface area contributed by atoms with Crippen LogP contribution in [-0.4, -0.2) is 195 Å². The van der Waals surface area contributed by atoms with E-state index in [1.165, 1.54) is 0 Å². The SMILES string of the molecule is COCCOCCOCCOCCOCCOCCOCCOCCOCCOCCOCCOCCOCCC(=O)ON1C(=O)CCC1=O. The van der Waals surface area contributed by atoms with E-state index in [-0.39, 0.29) is 32.5 Å².